The summed E-state index contributed by atoms with van der Waals surface area (Å²) in [5.74, 6) is 0. The maximum atomic E-state index is 12.2. The largest absolute Gasteiger partial charge is 0.312 e. The van der Waals surface area contributed by atoms with E-state index in [0.717, 1.165) is 18.7 Å². The van der Waals surface area contributed by atoms with Gasteiger partial charge >= 0.3 is 0 Å². The van der Waals surface area contributed by atoms with Crippen LogP contribution in [0.3, 0.4) is 0 Å². The molecular formula is C14H22N4O. The van der Waals surface area contributed by atoms with Crippen LogP contribution < -0.4 is 10.9 Å². The fourth-order valence-corrected chi connectivity index (χ4v) is 2.29. The van der Waals surface area contributed by atoms with E-state index in [1.807, 2.05) is 19.2 Å². The number of aryl methyl sites for hydroxylation is 1. The van der Waals surface area contributed by atoms with Crippen molar-refractivity contribution in [3.63, 3.8) is 0 Å². The first kappa shape index (κ1) is 13.8. The molecule has 0 spiro atoms. The lowest BCUT2D eigenvalue weighted by molar-refractivity contribution is 0.482. The Bertz CT molecular complexity index is 599. The van der Waals surface area contributed by atoms with Gasteiger partial charge in [-0.1, -0.05) is 13.3 Å². The van der Waals surface area contributed by atoms with E-state index in [0.29, 0.717) is 18.1 Å². The van der Waals surface area contributed by atoms with E-state index in [1.54, 1.807) is 15.3 Å². The molecule has 0 saturated carbocycles. The molecule has 0 fully saturated rings. The van der Waals surface area contributed by atoms with Crippen molar-refractivity contribution in [3.8, 4) is 0 Å². The molecule has 0 saturated heterocycles. The fraction of sp³-hybridized carbons (Fsp3) is 0.571. The number of hydrogen-bond donors (Lipinski definition) is 1. The second-order valence-corrected chi connectivity index (χ2v) is 5.06. The second-order valence-electron chi connectivity index (χ2n) is 5.06. The van der Waals surface area contributed by atoms with Crippen molar-refractivity contribution in [1.29, 1.82) is 0 Å². The van der Waals surface area contributed by atoms with Crippen LogP contribution in [0.25, 0.3) is 5.52 Å². The van der Waals surface area contributed by atoms with Crippen molar-refractivity contribution in [2.24, 2.45) is 0 Å². The molecule has 0 aliphatic heterocycles. The predicted octanol–water partition coefficient (Wildman–Crippen LogP) is 1.58. The lowest BCUT2D eigenvalue weighted by Gasteiger charge is -2.13. The SMILES string of the molecule is CCCC(C)NCCn1ccn2nc(C)cc2c1=O. The smallest absolute Gasteiger partial charge is 0.276 e. The van der Waals surface area contributed by atoms with Gasteiger partial charge in [0.25, 0.3) is 5.56 Å². The number of nitrogens with zero attached hydrogens (tertiary/aromatic N) is 3. The number of hydrogen-bond acceptors (Lipinski definition) is 3. The molecule has 5 nitrogen and oxygen atoms in total. The highest BCUT2D eigenvalue weighted by Crippen LogP contribution is 2.00. The zero-order valence-corrected chi connectivity index (χ0v) is 11.9. The van der Waals surface area contributed by atoms with Crippen molar-refractivity contribution in [2.75, 3.05) is 6.54 Å². The predicted molar refractivity (Wildman–Crippen MR) is 76.6 cm³/mol. The Hall–Kier alpha value is -1.62. The van der Waals surface area contributed by atoms with E-state index in [-0.39, 0.29) is 5.56 Å². The first-order valence-electron chi connectivity index (χ1n) is 6.90. The average molecular weight is 262 g/mol. The Balaban J connectivity index is 2.05. The Labute approximate surface area is 113 Å². The number of rotatable bonds is 6. The van der Waals surface area contributed by atoms with Gasteiger partial charge in [-0.15, -0.1) is 0 Å². The fourth-order valence-electron chi connectivity index (χ4n) is 2.29. The number of fused-ring (bicyclic) bond motifs is 1. The van der Waals surface area contributed by atoms with E-state index in [2.05, 4.69) is 24.3 Å². The zero-order valence-electron chi connectivity index (χ0n) is 11.9. The zero-order chi connectivity index (χ0) is 13.8. The van der Waals surface area contributed by atoms with Crippen LogP contribution in [0, 0.1) is 6.92 Å². The summed E-state index contributed by atoms with van der Waals surface area (Å²) in [6, 6.07) is 2.33. The molecule has 1 N–H and O–H groups in total. The van der Waals surface area contributed by atoms with Crippen LogP contribution in [0.4, 0.5) is 0 Å². The van der Waals surface area contributed by atoms with Gasteiger partial charge in [-0.3, -0.25) is 4.79 Å². The average Bonchev–Trinajstić information content (AvgIpc) is 2.74. The quantitative estimate of drug-likeness (QED) is 0.860. The molecule has 2 aromatic heterocycles. The van der Waals surface area contributed by atoms with Gasteiger partial charge in [-0.05, 0) is 26.3 Å². The maximum absolute atomic E-state index is 12.2. The molecule has 0 aliphatic carbocycles. The summed E-state index contributed by atoms with van der Waals surface area (Å²) < 4.78 is 3.38. The van der Waals surface area contributed by atoms with E-state index >= 15 is 0 Å². The Kier molecular flexibility index (Phi) is 4.37. The van der Waals surface area contributed by atoms with Gasteiger partial charge in [0, 0.05) is 31.5 Å². The standard InChI is InChI=1S/C14H22N4O/c1-4-5-11(2)15-6-7-17-8-9-18-13(14(17)19)10-12(3)16-18/h8-11,15H,4-7H2,1-3H3. The van der Waals surface area contributed by atoms with Crippen molar-refractivity contribution in [2.45, 2.75) is 46.2 Å². The summed E-state index contributed by atoms with van der Waals surface area (Å²) >= 11 is 0. The monoisotopic (exact) mass is 262 g/mol. The van der Waals surface area contributed by atoms with E-state index < -0.39 is 0 Å². The molecule has 2 heterocycles. The topological polar surface area (TPSA) is 51.3 Å². The molecule has 104 valence electrons. The van der Waals surface area contributed by atoms with Crippen molar-refractivity contribution < 1.29 is 0 Å². The second kappa shape index (κ2) is 6.02. The Morgan fingerprint density at radius 1 is 1.42 bits per heavy atom. The normalized spacial score (nSPS) is 13.0. The molecule has 0 bridgehead atoms. The molecule has 0 aliphatic rings. The first-order valence-corrected chi connectivity index (χ1v) is 6.90. The molecule has 5 heteroatoms. The van der Waals surface area contributed by atoms with Crippen LogP contribution in [-0.4, -0.2) is 26.8 Å². The van der Waals surface area contributed by atoms with Crippen LogP contribution in [0.15, 0.2) is 23.3 Å². The Morgan fingerprint density at radius 2 is 2.21 bits per heavy atom. The first-order chi connectivity index (χ1) is 9.11. The van der Waals surface area contributed by atoms with Crippen LogP contribution in [0.1, 0.15) is 32.4 Å². The summed E-state index contributed by atoms with van der Waals surface area (Å²) in [4.78, 5) is 12.2. The minimum Gasteiger partial charge on any atom is -0.312 e. The van der Waals surface area contributed by atoms with Gasteiger partial charge in [0.05, 0.1) is 5.69 Å². The molecule has 0 amide bonds. The number of aromatic nitrogens is 3. The molecule has 1 atom stereocenters. The van der Waals surface area contributed by atoms with Gasteiger partial charge < -0.3 is 9.88 Å². The highest BCUT2D eigenvalue weighted by molar-refractivity contribution is 5.44. The van der Waals surface area contributed by atoms with Gasteiger partial charge in [0.1, 0.15) is 5.52 Å². The number of nitrogens with one attached hydrogen (secondary N) is 1. The lowest BCUT2D eigenvalue weighted by atomic mass is 10.2. The third-order valence-electron chi connectivity index (χ3n) is 3.29. The van der Waals surface area contributed by atoms with E-state index in [4.69, 9.17) is 0 Å². The molecule has 0 aromatic carbocycles. The molecule has 2 aromatic rings. The third-order valence-corrected chi connectivity index (χ3v) is 3.29. The van der Waals surface area contributed by atoms with Gasteiger partial charge in [-0.2, -0.15) is 5.10 Å². The lowest BCUT2D eigenvalue weighted by Crippen LogP contribution is -2.32. The van der Waals surface area contributed by atoms with Gasteiger partial charge in [0.15, 0.2) is 0 Å². The molecular weight excluding hydrogens is 240 g/mol. The molecule has 0 radical (unpaired) electrons. The summed E-state index contributed by atoms with van der Waals surface area (Å²) in [6.45, 7) is 7.75. The van der Waals surface area contributed by atoms with Crippen molar-refractivity contribution in [1.82, 2.24) is 19.5 Å². The van der Waals surface area contributed by atoms with Crippen LogP contribution in [0.5, 0.6) is 0 Å². The summed E-state index contributed by atoms with van der Waals surface area (Å²) in [5.41, 5.74) is 1.53. The van der Waals surface area contributed by atoms with Crippen molar-refractivity contribution in [3.05, 3.63) is 34.5 Å². The Morgan fingerprint density at radius 3 is 2.95 bits per heavy atom. The van der Waals surface area contributed by atoms with Crippen molar-refractivity contribution >= 4 is 5.52 Å². The highest BCUT2D eigenvalue weighted by Gasteiger charge is 2.05. The van der Waals surface area contributed by atoms with E-state index in [9.17, 15) is 4.79 Å². The van der Waals surface area contributed by atoms with Crippen LogP contribution in [0.2, 0.25) is 0 Å². The summed E-state index contributed by atoms with van der Waals surface area (Å²) in [5, 5.41) is 7.67. The van der Waals surface area contributed by atoms with Gasteiger partial charge in [-0.25, -0.2) is 4.52 Å². The minimum absolute atomic E-state index is 0.0213. The minimum atomic E-state index is 0.0213. The van der Waals surface area contributed by atoms with Crippen LogP contribution in [-0.2, 0) is 6.54 Å². The molecule has 2 rings (SSSR count). The van der Waals surface area contributed by atoms with Gasteiger partial charge in [0.2, 0.25) is 0 Å². The van der Waals surface area contributed by atoms with E-state index in [1.165, 1.54) is 6.42 Å². The summed E-state index contributed by atoms with van der Waals surface area (Å²) in [7, 11) is 0. The summed E-state index contributed by atoms with van der Waals surface area (Å²) in [6.07, 6.45) is 5.97. The molecule has 19 heavy (non-hydrogen) atoms. The highest BCUT2D eigenvalue weighted by atomic mass is 16.1. The maximum Gasteiger partial charge on any atom is 0.276 e. The third kappa shape index (κ3) is 3.23. The molecule has 1 unspecified atom stereocenters. The van der Waals surface area contributed by atoms with Crippen LogP contribution >= 0.6 is 0 Å².